The smallest absolute Gasteiger partial charge is 0.00793 e. The van der Waals surface area contributed by atoms with Gasteiger partial charge >= 0.3 is 0 Å². The van der Waals surface area contributed by atoms with Crippen molar-refractivity contribution < 1.29 is 0 Å². The minimum absolute atomic E-state index is 0.544. The first-order valence-corrected chi connectivity index (χ1v) is 8.33. The Morgan fingerprint density at radius 1 is 0.783 bits per heavy atom. The van der Waals surface area contributed by atoms with E-state index in [-0.39, 0.29) is 0 Å². The van der Waals surface area contributed by atoms with E-state index in [4.69, 9.17) is 0 Å². The quantitative estimate of drug-likeness (QED) is 0.504. The SMILES string of the molecule is Cc1cc(/C=C\c2ccccc2)c2c(C)ccc(C(C)C)cc1-2. The van der Waals surface area contributed by atoms with Gasteiger partial charge in [0.2, 0.25) is 0 Å². The van der Waals surface area contributed by atoms with Gasteiger partial charge in [-0.25, -0.2) is 0 Å². The van der Waals surface area contributed by atoms with Gasteiger partial charge in [-0.15, -0.1) is 0 Å². The Balaban J connectivity index is 2.09. The van der Waals surface area contributed by atoms with Gasteiger partial charge in [-0.05, 0) is 58.7 Å². The molecular formula is C23H24. The van der Waals surface area contributed by atoms with Crippen LogP contribution in [0.5, 0.6) is 0 Å². The summed E-state index contributed by atoms with van der Waals surface area (Å²) in [7, 11) is 0. The summed E-state index contributed by atoms with van der Waals surface area (Å²) in [5.74, 6) is 0.544. The van der Waals surface area contributed by atoms with Crippen LogP contribution in [0.2, 0.25) is 0 Å². The molecule has 0 aromatic heterocycles. The average molecular weight is 300 g/mol. The van der Waals surface area contributed by atoms with Crippen molar-refractivity contribution in [2.45, 2.75) is 33.6 Å². The molecule has 3 rings (SSSR count). The van der Waals surface area contributed by atoms with Crippen LogP contribution in [0, 0.1) is 13.8 Å². The fourth-order valence-electron chi connectivity index (χ4n) is 3.12. The maximum atomic E-state index is 2.36. The Bertz CT molecular complexity index is 807. The van der Waals surface area contributed by atoms with E-state index in [0.29, 0.717) is 5.92 Å². The third-order valence-corrected chi connectivity index (χ3v) is 4.51. The Morgan fingerprint density at radius 3 is 2.22 bits per heavy atom. The highest BCUT2D eigenvalue weighted by atomic mass is 14.2. The van der Waals surface area contributed by atoms with Crippen LogP contribution in [-0.4, -0.2) is 0 Å². The number of hydrogen-bond donors (Lipinski definition) is 0. The van der Waals surface area contributed by atoms with E-state index in [1.165, 1.54) is 38.9 Å². The molecule has 2 aliphatic rings. The van der Waals surface area contributed by atoms with Crippen molar-refractivity contribution in [1.82, 2.24) is 0 Å². The Kier molecular flexibility index (Phi) is 4.34. The molecule has 116 valence electrons. The summed E-state index contributed by atoms with van der Waals surface area (Å²) in [4.78, 5) is 0. The lowest BCUT2D eigenvalue weighted by atomic mass is 10.0. The molecule has 0 saturated carbocycles. The van der Waals surface area contributed by atoms with E-state index in [0.717, 1.165) is 0 Å². The number of aryl methyl sites for hydroxylation is 2. The highest BCUT2D eigenvalue weighted by Crippen LogP contribution is 2.37. The lowest BCUT2D eigenvalue weighted by Crippen LogP contribution is -1.84. The molecular weight excluding hydrogens is 276 g/mol. The number of hydrogen-bond acceptors (Lipinski definition) is 0. The summed E-state index contributed by atoms with van der Waals surface area (Å²) in [5, 5.41) is 0. The highest BCUT2D eigenvalue weighted by molar-refractivity contribution is 5.87. The van der Waals surface area contributed by atoms with Crippen molar-refractivity contribution in [2.24, 2.45) is 0 Å². The molecule has 0 spiro atoms. The van der Waals surface area contributed by atoms with Crippen molar-refractivity contribution in [2.75, 3.05) is 0 Å². The maximum absolute atomic E-state index is 2.36. The summed E-state index contributed by atoms with van der Waals surface area (Å²) in [6.45, 7) is 8.94. The molecule has 2 aliphatic carbocycles. The Hall–Kier alpha value is -2.34. The lowest BCUT2D eigenvalue weighted by Gasteiger charge is -2.04. The largest absolute Gasteiger partial charge is 0.0622 e. The maximum Gasteiger partial charge on any atom is -0.00793 e. The molecule has 0 fully saturated rings. The molecule has 23 heavy (non-hydrogen) atoms. The number of fused-ring (bicyclic) bond motifs is 1. The molecule has 0 bridgehead atoms. The summed E-state index contributed by atoms with van der Waals surface area (Å²) in [6, 6.07) is 19.7. The van der Waals surface area contributed by atoms with E-state index in [1.807, 2.05) is 0 Å². The van der Waals surface area contributed by atoms with E-state index in [2.05, 4.69) is 94.4 Å². The van der Waals surface area contributed by atoms with Crippen LogP contribution in [0.1, 0.15) is 47.6 Å². The lowest BCUT2D eigenvalue weighted by molar-refractivity contribution is 0.868. The molecule has 0 heteroatoms. The van der Waals surface area contributed by atoms with Crippen molar-refractivity contribution >= 4 is 12.2 Å². The first-order chi connectivity index (χ1) is 11.1. The van der Waals surface area contributed by atoms with E-state index in [1.54, 1.807) is 0 Å². The fourth-order valence-corrected chi connectivity index (χ4v) is 3.12. The van der Waals surface area contributed by atoms with Crippen LogP contribution in [0.15, 0.2) is 54.6 Å². The molecule has 0 radical (unpaired) electrons. The van der Waals surface area contributed by atoms with Crippen LogP contribution in [0.4, 0.5) is 0 Å². The molecule has 1 aromatic rings. The zero-order valence-electron chi connectivity index (χ0n) is 14.4. The minimum Gasteiger partial charge on any atom is -0.0622 e. The predicted molar refractivity (Wildman–Crippen MR) is 102 cm³/mol. The molecule has 0 nitrogen and oxygen atoms in total. The Labute approximate surface area is 139 Å². The first-order valence-electron chi connectivity index (χ1n) is 8.33. The van der Waals surface area contributed by atoms with Crippen LogP contribution >= 0.6 is 0 Å². The zero-order valence-corrected chi connectivity index (χ0v) is 14.4. The number of benzene rings is 1. The zero-order chi connectivity index (χ0) is 16.4. The monoisotopic (exact) mass is 300 g/mol. The van der Waals surface area contributed by atoms with Gasteiger partial charge in [0.1, 0.15) is 0 Å². The molecule has 0 atom stereocenters. The van der Waals surface area contributed by atoms with E-state index < -0.39 is 0 Å². The molecule has 0 saturated heterocycles. The van der Waals surface area contributed by atoms with Gasteiger partial charge in [-0.2, -0.15) is 0 Å². The topological polar surface area (TPSA) is 0 Å². The van der Waals surface area contributed by atoms with Gasteiger partial charge in [0.15, 0.2) is 0 Å². The molecule has 0 N–H and O–H groups in total. The fraction of sp³-hybridized carbons (Fsp3) is 0.217. The van der Waals surface area contributed by atoms with Crippen LogP contribution in [0.3, 0.4) is 0 Å². The summed E-state index contributed by atoms with van der Waals surface area (Å²) in [5.41, 5.74) is 9.40. The average Bonchev–Trinajstić information content (AvgIpc) is 2.73. The van der Waals surface area contributed by atoms with Crippen molar-refractivity contribution in [3.63, 3.8) is 0 Å². The predicted octanol–water partition coefficient (Wildman–Crippen LogP) is 6.70. The Morgan fingerprint density at radius 2 is 1.52 bits per heavy atom. The second-order valence-electron chi connectivity index (χ2n) is 6.63. The van der Waals surface area contributed by atoms with Crippen molar-refractivity contribution in [3.05, 3.63) is 82.4 Å². The van der Waals surface area contributed by atoms with Crippen LogP contribution < -0.4 is 0 Å². The summed E-state index contributed by atoms with van der Waals surface area (Å²) < 4.78 is 0. The molecule has 0 heterocycles. The standard InChI is InChI=1S/C23H24/c1-16(2)20-12-10-17(3)23-21(14-18(4)22(23)15-20)13-11-19-8-6-5-7-9-19/h5-16H,1-4H3/b13-11-. The van der Waals surface area contributed by atoms with Gasteiger partial charge in [0.05, 0.1) is 0 Å². The van der Waals surface area contributed by atoms with E-state index in [9.17, 15) is 0 Å². The second-order valence-corrected chi connectivity index (χ2v) is 6.63. The third-order valence-electron chi connectivity index (χ3n) is 4.51. The van der Waals surface area contributed by atoms with Crippen molar-refractivity contribution in [1.29, 1.82) is 0 Å². The highest BCUT2D eigenvalue weighted by Gasteiger charge is 2.14. The second kappa shape index (κ2) is 6.42. The molecule has 0 unspecified atom stereocenters. The first kappa shape index (κ1) is 15.6. The van der Waals surface area contributed by atoms with Gasteiger partial charge in [-0.3, -0.25) is 0 Å². The van der Waals surface area contributed by atoms with Gasteiger partial charge in [0.25, 0.3) is 0 Å². The normalized spacial score (nSPS) is 11.7. The van der Waals surface area contributed by atoms with E-state index >= 15 is 0 Å². The molecule has 0 aliphatic heterocycles. The van der Waals surface area contributed by atoms with Gasteiger partial charge in [-0.1, -0.05) is 80.6 Å². The van der Waals surface area contributed by atoms with Gasteiger partial charge < -0.3 is 0 Å². The van der Waals surface area contributed by atoms with Crippen LogP contribution in [0.25, 0.3) is 23.3 Å². The molecule has 1 aromatic carbocycles. The van der Waals surface area contributed by atoms with Gasteiger partial charge in [0, 0.05) is 0 Å². The van der Waals surface area contributed by atoms with Crippen molar-refractivity contribution in [3.8, 4) is 11.1 Å². The van der Waals surface area contributed by atoms with Crippen LogP contribution in [-0.2, 0) is 0 Å². The minimum atomic E-state index is 0.544. The summed E-state index contributed by atoms with van der Waals surface area (Å²) >= 11 is 0. The molecule has 0 amide bonds. The summed E-state index contributed by atoms with van der Waals surface area (Å²) in [6.07, 6.45) is 4.44. The third kappa shape index (κ3) is 3.22. The number of rotatable bonds is 3.